The highest BCUT2D eigenvalue weighted by Crippen LogP contribution is 2.31. The molecule has 0 aromatic heterocycles. The van der Waals surface area contributed by atoms with Gasteiger partial charge < -0.3 is 10.8 Å². The highest BCUT2D eigenvalue weighted by molar-refractivity contribution is 9.10. The van der Waals surface area contributed by atoms with Crippen LogP contribution in [0.4, 0.5) is 0 Å². The number of hydrogen-bond acceptors (Lipinski definition) is 2. The van der Waals surface area contributed by atoms with Crippen molar-refractivity contribution in [2.75, 3.05) is 0 Å². The summed E-state index contributed by atoms with van der Waals surface area (Å²) in [6.07, 6.45) is 0.268. The molecule has 13 heavy (non-hydrogen) atoms. The SMILES string of the molecule is Cl.NC1c2ccc(Br)cc2C[C@H]1O. The first kappa shape index (κ1) is 11.0. The molecule has 0 saturated carbocycles. The summed E-state index contributed by atoms with van der Waals surface area (Å²) in [4.78, 5) is 0. The van der Waals surface area contributed by atoms with Gasteiger partial charge in [0.25, 0.3) is 0 Å². The van der Waals surface area contributed by atoms with E-state index in [1.165, 1.54) is 0 Å². The van der Waals surface area contributed by atoms with Crippen molar-refractivity contribution in [1.82, 2.24) is 0 Å². The number of aliphatic hydroxyl groups excluding tert-OH is 1. The number of aliphatic hydroxyl groups is 1. The van der Waals surface area contributed by atoms with Crippen LogP contribution in [0, 0.1) is 0 Å². The van der Waals surface area contributed by atoms with Crippen LogP contribution < -0.4 is 5.73 Å². The maximum atomic E-state index is 9.47. The summed E-state index contributed by atoms with van der Waals surface area (Å²) in [7, 11) is 0. The molecule has 0 heterocycles. The largest absolute Gasteiger partial charge is 0.391 e. The first-order chi connectivity index (χ1) is 5.68. The Balaban J connectivity index is 0.000000845. The minimum absolute atomic E-state index is 0. The van der Waals surface area contributed by atoms with E-state index in [4.69, 9.17) is 5.73 Å². The minimum Gasteiger partial charge on any atom is -0.391 e. The van der Waals surface area contributed by atoms with E-state index < -0.39 is 6.10 Å². The second kappa shape index (κ2) is 3.96. The lowest BCUT2D eigenvalue weighted by atomic mass is 10.1. The molecule has 1 aromatic rings. The molecule has 0 aliphatic heterocycles. The molecular formula is C9H11BrClNO. The fraction of sp³-hybridized carbons (Fsp3) is 0.333. The van der Waals surface area contributed by atoms with Crippen LogP contribution in [-0.4, -0.2) is 11.2 Å². The summed E-state index contributed by atoms with van der Waals surface area (Å²) < 4.78 is 1.04. The molecule has 2 nitrogen and oxygen atoms in total. The number of fused-ring (bicyclic) bond motifs is 1. The summed E-state index contributed by atoms with van der Waals surface area (Å²) >= 11 is 3.38. The maximum absolute atomic E-state index is 9.47. The molecule has 2 rings (SSSR count). The third kappa shape index (κ3) is 1.89. The van der Waals surface area contributed by atoms with Crippen molar-refractivity contribution in [3.05, 3.63) is 33.8 Å². The summed E-state index contributed by atoms with van der Waals surface area (Å²) in [6, 6.07) is 5.75. The normalized spacial score (nSPS) is 25.2. The average Bonchev–Trinajstić information content (AvgIpc) is 2.28. The van der Waals surface area contributed by atoms with Gasteiger partial charge in [0.1, 0.15) is 0 Å². The Morgan fingerprint density at radius 2 is 2.15 bits per heavy atom. The summed E-state index contributed by atoms with van der Waals surface area (Å²) in [5.41, 5.74) is 8.01. The predicted octanol–water partition coefficient (Wildman–Crippen LogP) is 1.79. The molecule has 0 fully saturated rings. The average molecular weight is 265 g/mol. The van der Waals surface area contributed by atoms with Crippen molar-refractivity contribution in [2.24, 2.45) is 5.73 Å². The van der Waals surface area contributed by atoms with Crippen molar-refractivity contribution in [2.45, 2.75) is 18.6 Å². The minimum atomic E-state index is -0.408. The third-order valence-electron chi connectivity index (χ3n) is 2.31. The predicted molar refractivity (Wildman–Crippen MR) is 58.0 cm³/mol. The lowest BCUT2D eigenvalue weighted by Crippen LogP contribution is -2.21. The maximum Gasteiger partial charge on any atom is 0.0773 e. The quantitative estimate of drug-likeness (QED) is 0.750. The molecule has 1 aliphatic carbocycles. The van der Waals surface area contributed by atoms with Gasteiger partial charge in [0.2, 0.25) is 0 Å². The number of hydrogen-bond donors (Lipinski definition) is 2. The molecule has 4 heteroatoms. The van der Waals surface area contributed by atoms with Crippen LogP contribution in [0.2, 0.25) is 0 Å². The zero-order valence-electron chi connectivity index (χ0n) is 6.90. The van der Waals surface area contributed by atoms with E-state index in [1.54, 1.807) is 0 Å². The van der Waals surface area contributed by atoms with E-state index in [-0.39, 0.29) is 18.4 Å². The molecule has 72 valence electrons. The van der Waals surface area contributed by atoms with Gasteiger partial charge in [-0.2, -0.15) is 0 Å². The van der Waals surface area contributed by atoms with Gasteiger partial charge in [0.15, 0.2) is 0 Å². The Morgan fingerprint density at radius 3 is 2.85 bits per heavy atom. The fourth-order valence-electron chi connectivity index (χ4n) is 1.64. The Bertz CT molecular complexity index is 318. The van der Waals surface area contributed by atoms with Crippen LogP contribution in [0.1, 0.15) is 17.2 Å². The molecule has 2 atom stereocenters. The summed E-state index contributed by atoms with van der Waals surface area (Å²) in [6.45, 7) is 0. The standard InChI is InChI=1S/C9H10BrNO.ClH/c10-6-1-2-7-5(3-6)4-8(12)9(7)11;/h1-3,8-9,12H,4,11H2;1H/t8-,9?;/m1./s1. The smallest absolute Gasteiger partial charge is 0.0773 e. The van der Waals surface area contributed by atoms with E-state index in [0.29, 0.717) is 6.42 Å². The van der Waals surface area contributed by atoms with Gasteiger partial charge in [-0.15, -0.1) is 12.4 Å². The number of rotatable bonds is 0. The van der Waals surface area contributed by atoms with Crippen molar-refractivity contribution >= 4 is 28.3 Å². The lowest BCUT2D eigenvalue weighted by Gasteiger charge is -2.07. The zero-order valence-corrected chi connectivity index (χ0v) is 9.31. The van der Waals surface area contributed by atoms with E-state index in [1.807, 2.05) is 18.2 Å². The highest BCUT2D eigenvalue weighted by Gasteiger charge is 2.27. The van der Waals surface area contributed by atoms with Crippen molar-refractivity contribution in [1.29, 1.82) is 0 Å². The second-order valence-corrected chi connectivity index (χ2v) is 4.06. The summed E-state index contributed by atoms with van der Waals surface area (Å²) in [5.74, 6) is 0. The molecular weight excluding hydrogens is 253 g/mol. The van der Waals surface area contributed by atoms with Gasteiger partial charge in [0, 0.05) is 10.9 Å². The molecule has 0 saturated heterocycles. The molecule has 1 unspecified atom stereocenters. The Morgan fingerprint density at radius 1 is 1.46 bits per heavy atom. The number of nitrogens with two attached hydrogens (primary N) is 1. The molecule has 0 radical (unpaired) electrons. The van der Waals surface area contributed by atoms with E-state index in [9.17, 15) is 5.11 Å². The van der Waals surface area contributed by atoms with Gasteiger partial charge in [-0.3, -0.25) is 0 Å². The van der Waals surface area contributed by atoms with Crippen LogP contribution in [0.5, 0.6) is 0 Å². The van der Waals surface area contributed by atoms with Gasteiger partial charge in [-0.1, -0.05) is 22.0 Å². The van der Waals surface area contributed by atoms with E-state index in [0.717, 1.165) is 15.6 Å². The molecule has 3 N–H and O–H groups in total. The van der Waals surface area contributed by atoms with Crippen LogP contribution in [0.25, 0.3) is 0 Å². The third-order valence-corrected chi connectivity index (χ3v) is 2.80. The van der Waals surface area contributed by atoms with Gasteiger partial charge in [-0.25, -0.2) is 0 Å². The Hall–Kier alpha value is -0.0900. The molecule has 1 aliphatic rings. The molecule has 0 amide bonds. The Labute approximate surface area is 91.7 Å². The van der Waals surface area contributed by atoms with E-state index >= 15 is 0 Å². The fourth-order valence-corrected chi connectivity index (χ4v) is 2.04. The van der Waals surface area contributed by atoms with Crippen molar-refractivity contribution in [3.63, 3.8) is 0 Å². The number of halogens is 2. The first-order valence-electron chi connectivity index (χ1n) is 3.90. The van der Waals surface area contributed by atoms with Crippen LogP contribution in [-0.2, 0) is 6.42 Å². The van der Waals surface area contributed by atoms with E-state index in [2.05, 4.69) is 15.9 Å². The van der Waals surface area contributed by atoms with Crippen LogP contribution in [0.15, 0.2) is 22.7 Å². The molecule has 1 aromatic carbocycles. The van der Waals surface area contributed by atoms with Gasteiger partial charge >= 0.3 is 0 Å². The lowest BCUT2D eigenvalue weighted by molar-refractivity contribution is 0.158. The first-order valence-corrected chi connectivity index (χ1v) is 4.70. The van der Waals surface area contributed by atoms with Crippen LogP contribution >= 0.6 is 28.3 Å². The Kier molecular flexibility index (Phi) is 3.35. The molecule has 0 bridgehead atoms. The zero-order chi connectivity index (χ0) is 8.72. The number of benzene rings is 1. The molecule has 0 spiro atoms. The van der Waals surface area contributed by atoms with Crippen LogP contribution in [0.3, 0.4) is 0 Å². The van der Waals surface area contributed by atoms with Gasteiger partial charge in [0.05, 0.1) is 12.1 Å². The summed E-state index contributed by atoms with van der Waals surface area (Å²) in [5, 5.41) is 9.47. The van der Waals surface area contributed by atoms with Crippen molar-refractivity contribution in [3.8, 4) is 0 Å². The highest BCUT2D eigenvalue weighted by atomic mass is 79.9. The van der Waals surface area contributed by atoms with Crippen molar-refractivity contribution < 1.29 is 5.11 Å². The topological polar surface area (TPSA) is 46.2 Å². The second-order valence-electron chi connectivity index (χ2n) is 3.14. The monoisotopic (exact) mass is 263 g/mol. The van der Waals surface area contributed by atoms with Gasteiger partial charge in [-0.05, 0) is 23.3 Å².